The molecule has 2 aromatic rings. The number of carbonyl (C=O) groups is 1. The summed E-state index contributed by atoms with van der Waals surface area (Å²) in [6.07, 6.45) is 4.23. The smallest absolute Gasteiger partial charge is 0.223 e. The molecular weight excluding hydrogens is 434 g/mol. The summed E-state index contributed by atoms with van der Waals surface area (Å²) in [5.41, 5.74) is 8.03. The van der Waals surface area contributed by atoms with E-state index < -0.39 is 5.54 Å². The maximum absolute atomic E-state index is 11.6. The van der Waals surface area contributed by atoms with Crippen molar-refractivity contribution in [2.24, 2.45) is 5.73 Å². The molecule has 0 spiro atoms. The van der Waals surface area contributed by atoms with Crippen LogP contribution in [0.1, 0.15) is 5.56 Å². The van der Waals surface area contributed by atoms with Gasteiger partial charge in [-0.05, 0) is 36.1 Å². The van der Waals surface area contributed by atoms with Gasteiger partial charge in [0.15, 0.2) is 0 Å². The van der Waals surface area contributed by atoms with Crippen molar-refractivity contribution in [3.63, 3.8) is 0 Å². The summed E-state index contributed by atoms with van der Waals surface area (Å²) in [5.74, 6) is 0.474. The Morgan fingerprint density at radius 2 is 1.97 bits per heavy atom. The zero-order chi connectivity index (χ0) is 21.0. The van der Waals surface area contributed by atoms with E-state index in [1.807, 2.05) is 12.1 Å². The van der Waals surface area contributed by atoms with E-state index >= 15 is 0 Å². The van der Waals surface area contributed by atoms with Gasteiger partial charge in [0, 0.05) is 56.9 Å². The van der Waals surface area contributed by atoms with E-state index in [0.717, 1.165) is 35.2 Å². The fourth-order valence-corrected chi connectivity index (χ4v) is 3.91. The zero-order valence-electron chi connectivity index (χ0n) is 17.0. The fourth-order valence-electron chi connectivity index (χ4n) is 3.71. The van der Waals surface area contributed by atoms with Crippen LogP contribution >= 0.6 is 15.9 Å². The third-order valence-corrected chi connectivity index (χ3v) is 5.71. The first kappa shape index (κ1) is 21.5. The summed E-state index contributed by atoms with van der Waals surface area (Å²) in [5, 5.41) is 3.47. The lowest BCUT2D eigenvalue weighted by Gasteiger charge is -2.37. The Labute approximate surface area is 180 Å². The summed E-state index contributed by atoms with van der Waals surface area (Å²) in [6.45, 7) is 2.69. The predicted octanol–water partition coefficient (Wildman–Crippen LogP) is 1.34. The maximum Gasteiger partial charge on any atom is 0.223 e. The molecule has 2 atom stereocenters. The van der Waals surface area contributed by atoms with Gasteiger partial charge in [-0.2, -0.15) is 0 Å². The molecule has 1 aliphatic heterocycles. The number of nitrogens with one attached hydrogen (secondary N) is 1. The van der Waals surface area contributed by atoms with Gasteiger partial charge in [0.1, 0.15) is 5.54 Å². The Kier molecular flexibility index (Phi) is 6.71. The Morgan fingerprint density at radius 3 is 2.59 bits per heavy atom. The zero-order valence-corrected chi connectivity index (χ0v) is 18.6. The molecule has 1 aromatic heterocycles. The highest BCUT2D eigenvalue weighted by Gasteiger charge is 2.48. The van der Waals surface area contributed by atoms with Crippen molar-refractivity contribution < 1.29 is 4.79 Å². The van der Waals surface area contributed by atoms with Gasteiger partial charge in [0.05, 0.1) is 10.5 Å². The number of carbonyl (C=O) groups excluding carboxylic acids is 1. The number of anilines is 2. The van der Waals surface area contributed by atoms with Crippen LogP contribution in [0.2, 0.25) is 0 Å². The summed E-state index contributed by atoms with van der Waals surface area (Å²) in [4.78, 5) is 26.4. The molecule has 1 aliphatic rings. The second-order valence-corrected chi connectivity index (χ2v) is 8.62. The number of likely N-dealkylation sites (tertiary alicyclic amines) is 1. The van der Waals surface area contributed by atoms with E-state index in [9.17, 15) is 4.79 Å². The number of nitrogens with two attached hydrogens (primary N) is 1. The molecule has 0 bridgehead atoms. The first-order chi connectivity index (χ1) is 13.9. The monoisotopic (exact) mass is 461 g/mol. The van der Waals surface area contributed by atoms with E-state index in [2.05, 4.69) is 74.3 Å². The summed E-state index contributed by atoms with van der Waals surface area (Å²) >= 11 is 3.37. The van der Waals surface area contributed by atoms with Crippen molar-refractivity contribution in [1.29, 1.82) is 0 Å². The van der Waals surface area contributed by atoms with Crippen LogP contribution in [0.3, 0.4) is 0 Å². The Balaban J connectivity index is 2.03. The van der Waals surface area contributed by atoms with Gasteiger partial charge in [-0.15, -0.1) is 0 Å². The van der Waals surface area contributed by atoms with Crippen molar-refractivity contribution in [2.75, 3.05) is 57.5 Å². The molecule has 29 heavy (non-hydrogen) atoms. The number of para-hydroxylation sites is 1. The SMILES string of the molecule is CN(C)CCN(C)c1ccccc1C1(Nc2ncc(Br)cn2)CN(C=O)CC1N. The maximum atomic E-state index is 11.6. The topological polar surface area (TPSA) is 90.6 Å². The van der Waals surface area contributed by atoms with Gasteiger partial charge in [-0.25, -0.2) is 9.97 Å². The molecule has 0 saturated carbocycles. The summed E-state index contributed by atoms with van der Waals surface area (Å²) < 4.78 is 0.797. The van der Waals surface area contributed by atoms with Gasteiger partial charge in [0.2, 0.25) is 12.4 Å². The lowest BCUT2D eigenvalue weighted by molar-refractivity contribution is -0.117. The number of amides is 1. The molecule has 1 fully saturated rings. The van der Waals surface area contributed by atoms with Gasteiger partial charge < -0.3 is 25.8 Å². The molecule has 1 aromatic carbocycles. The normalized spacial score (nSPS) is 21.4. The van der Waals surface area contributed by atoms with Crippen LogP contribution < -0.4 is 16.0 Å². The third-order valence-electron chi connectivity index (χ3n) is 5.30. The third kappa shape index (κ3) is 4.68. The molecular formula is C20H28BrN7O. The highest BCUT2D eigenvalue weighted by Crippen LogP contribution is 2.39. The van der Waals surface area contributed by atoms with E-state index in [1.165, 1.54) is 0 Å². The minimum absolute atomic E-state index is 0.316. The second kappa shape index (κ2) is 9.06. The molecule has 9 heteroatoms. The Hall–Kier alpha value is -2.23. The van der Waals surface area contributed by atoms with Crippen LogP contribution in [0.5, 0.6) is 0 Å². The van der Waals surface area contributed by atoms with Crippen molar-refractivity contribution >= 4 is 34.0 Å². The summed E-state index contributed by atoms with van der Waals surface area (Å²) in [7, 11) is 6.19. The van der Waals surface area contributed by atoms with E-state index in [1.54, 1.807) is 17.3 Å². The van der Waals surface area contributed by atoms with Gasteiger partial charge in [-0.3, -0.25) is 4.79 Å². The molecule has 2 unspecified atom stereocenters. The lowest BCUT2D eigenvalue weighted by atomic mass is 9.84. The fraction of sp³-hybridized carbons (Fsp3) is 0.450. The van der Waals surface area contributed by atoms with Crippen LogP contribution in [-0.2, 0) is 10.3 Å². The number of hydrogen-bond donors (Lipinski definition) is 2. The molecule has 2 heterocycles. The minimum Gasteiger partial charge on any atom is -0.373 e. The minimum atomic E-state index is -0.697. The second-order valence-electron chi connectivity index (χ2n) is 7.70. The number of likely N-dealkylation sites (N-methyl/N-ethyl adjacent to an activating group) is 2. The number of aromatic nitrogens is 2. The number of rotatable bonds is 8. The van der Waals surface area contributed by atoms with E-state index in [-0.39, 0.29) is 6.04 Å². The lowest BCUT2D eigenvalue weighted by Crippen LogP contribution is -2.51. The van der Waals surface area contributed by atoms with Crippen molar-refractivity contribution in [3.8, 4) is 0 Å². The van der Waals surface area contributed by atoms with Gasteiger partial charge in [-0.1, -0.05) is 18.2 Å². The van der Waals surface area contributed by atoms with Crippen molar-refractivity contribution in [1.82, 2.24) is 19.8 Å². The van der Waals surface area contributed by atoms with E-state index in [0.29, 0.717) is 19.0 Å². The van der Waals surface area contributed by atoms with Crippen LogP contribution in [0.15, 0.2) is 41.1 Å². The van der Waals surface area contributed by atoms with E-state index in [4.69, 9.17) is 5.73 Å². The molecule has 0 radical (unpaired) electrons. The molecule has 3 N–H and O–H groups in total. The van der Waals surface area contributed by atoms with Crippen molar-refractivity contribution in [2.45, 2.75) is 11.6 Å². The van der Waals surface area contributed by atoms with Crippen molar-refractivity contribution in [3.05, 3.63) is 46.7 Å². The number of hydrogen-bond acceptors (Lipinski definition) is 7. The Bertz CT molecular complexity index is 832. The Morgan fingerprint density at radius 1 is 1.28 bits per heavy atom. The van der Waals surface area contributed by atoms with Crippen LogP contribution in [-0.4, -0.2) is 79.5 Å². The first-order valence-electron chi connectivity index (χ1n) is 9.52. The average molecular weight is 462 g/mol. The van der Waals surface area contributed by atoms with Crippen LogP contribution in [0.25, 0.3) is 0 Å². The van der Waals surface area contributed by atoms with Gasteiger partial charge >= 0.3 is 0 Å². The van der Waals surface area contributed by atoms with Gasteiger partial charge in [0.25, 0.3) is 0 Å². The average Bonchev–Trinajstić information content (AvgIpc) is 3.04. The number of benzene rings is 1. The molecule has 1 saturated heterocycles. The molecule has 156 valence electrons. The molecule has 1 amide bonds. The first-order valence-corrected chi connectivity index (χ1v) is 10.3. The molecule has 3 rings (SSSR count). The van der Waals surface area contributed by atoms with Crippen LogP contribution in [0.4, 0.5) is 11.6 Å². The quantitative estimate of drug-likeness (QED) is 0.573. The van der Waals surface area contributed by atoms with Crippen LogP contribution in [0, 0.1) is 0 Å². The number of halogens is 1. The summed E-state index contributed by atoms with van der Waals surface area (Å²) in [6, 6.07) is 7.87. The predicted molar refractivity (Wildman–Crippen MR) is 119 cm³/mol. The standard InChI is InChI=1S/C20H28BrN7O/c1-26(2)8-9-27(3)17-7-5-4-6-16(17)20(13-28(14-29)12-18(20)22)25-19-23-10-15(21)11-24-19/h4-7,10-11,14,18H,8-9,12-13,22H2,1-3H3,(H,23,24,25). The molecule has 0 aliphatic carbocycles. The largest absolute Gasteiger partial charge is 0.373 e. The highest BCUT2D eigenvalue weighted by atomic mass is 79.9. The molecule has 8 nitrogen and oxygen atoms in total. The highest BCUT2D eigenvalue weighted by molar-refractivity contribution is 9.10. The number of nitrogens with zero attached hydrogens (tertiary/aromatic N) is 5.